The summed E-state index contributed by atoms with van der Waals surface area (Å²) in [4.78, 5) is 13.5. The van der Waals surface area contributed by atoms with Crippen molar-refractivity contribution in [3.63, 3.8) is 0 Å². The van der Waals surface area contributed by atoms with Crippen molar-refractivity contribution in [1.29, 1.82) is 0 Å². The van der Waals surface area contributed by atoms with E-state index in [1.807, 2.05) is 0 Å². The van der Waals surface area contributed by atoms with Crippen LogP contribution in [0, 0.1) is 0 Å². The maximum Gasteiger partial charge on any atom is 0.260 e. The Morgan fingerprint density at radius 2 is 2.28 bits per heavy atom. The lowest BCUT2D eigenvalue weighted by Gasteiger charge is -2.16. The summed E-state index contributed by atoms with van der Waals surface area (Å²) in [6.45, 7) is 1.23. The molecule has 0 saturated carbocycles. The second kappa shape index (κ2) is 5.78. The van der Waals surface area contributed by atoms with Gasteiger partial charge in [0.15, 0.2) is 6.61 Å². The lowest BCUT2D eigenvalue weighted by Crippen LogP contribution is -2.35. The highest BCUT2D eigenvalue weighted by Gasteiger charge is 2.23. The summed E-state index contributed by atoms with van der Waals surface area (Å²) < 4.78 is 5.38. The molecule has 1 atom stereocenters. The highest BCUT2D eigenvalue weighted by Crippen LogP contribution is 2.27. The fraction of sp³-hybridized carbons (Fsp3) is 0.417. The third-order valence-corrected chi connectivity index (χ3v) is 3.37. The summed E-state index contributed by atoms with van der Waals surface area (Å²) in [5.74, 6) is 0.333. The van der Waals surface area contributed by atoms with E-state index in [0.717, 1.165) is 6.42 Å². The normalized spacial score (nSPS) is 19.1. The third kappa shape index (κ3) is 3.28. The molecule has 18 heavy (non-hydrogen) atoms. The summed E-state index contributed by atoms with van der Waals surface area (Å²) in [5, 5.41) is 0.954. The maximum absolute atomic E-state index is 11.8. The molecule has 2 N–H and O–H groups in total. The van der Waals surface area contributed by atoms with Crippen LogP contribution in [0.15, 0.2) is 18.2 Å². The first-order chi connectivity index (χ1) is 8.56. The Balaban J connectivity index is 1.91. The zero-order valence-corrected chi connectivity index (χ0v) is 11.2. The van der Waals surface area contributed by atoms with Gasteiger partial charge in [0.2, 0.25) is 0 Å². The van der Waals surface area contributed by atoms with Crippen LogP contribution in [0.25, 0.3) is 0 Å². The van der Waals surface area contributed by atoms with E-state index in [2.05, 4.69) is 0 Å². The number of rotatable bonds is 3. The Bertz CT molecular complexity index is 454. The van der Waals surface area contributed by atoms with Crippen molar-refractivity contribution in [2.24, 2.45) is 5.73 Å². The number of carbonyl (C=O) groups is 1. The molecule has 1 aliphatic rings. The topological polar surface area (TPSA) is 55.6 Å². The predicted octanol–water partition coefficient (Wildman–Crippen LogP) is 1.93. The van der Waals surface area contributed by atoms with Crippen LogP contribution in [0.2, 0.25) is 10.0 Å². The third-order valence-electron chi connectivity index (χ3n) is 2.82. The Morgan fingerprint density at radius 3 is 2.94 bits per heavy atom. The molecule has 1 heterocycles. The number of amides is 1. The fourth-order valence-electron chi connectivity index (χ4n) is 1.83. The molecule has 1 aromatic carbocycles. The van der Waals surface area contributed by atoms with Gasteiger partial charge in [0.25, 0.3) is 5.91 Å². The van der Waals surface area contributed by atoms with Crippen molar-refractivity contribution in [3.8, 4) is 5.75 Å². The van der Waals surface area contributed by atoms with Gasteiger partial charge in [-0.3, -0.25) is 4.79 Å². The van der Waals surface area contributed by atoms with Crippen LogP contribution >= 0.6 is 23.2 Å². The Kier molecular flexibility index (Phi) is 4.32. The highest BCUT2D eigenvalue weighted by atomic mass is 35.5. The van der Waals surface area contributed by atoms with Gasteiger partial charge >= 0.3 is 0 Å². The number of hydrogen-bond donors (Lipinski definition) is 1. The Morgan fingerprint density at radius 1 is 1.50 bits per heavy atom. The molecule has 1 aliphatic heterocycles. The van der Waals surface area contributed by atoms with Gasteiger partial charge < -0.3 is 15.4 Å². The van der Waals surface area contributed by atoms with E-state index in [1.165, 1.54) is 0 Å². The quantitative estimate of drug-likeness (QED) is 0.925. The number of likely N-dealkylation sites (tertiary alicyclic amines) is 1. The minimum Gasteiger partial charge on any atom is -0.482 e. The second-order valence-electron chi connectivity index (χ2n) is 4.25. The summed E-state index contributed by atoms with van der Waals surface area (Å²) in [5.41, 5.74) is 5.74. The number of hydrogen-bond acceptors (Lipinski definition) is 3. The summed E-state index contributed by atoms with van der Waals surface area (Å²) in [6.07, 6.45) is 0.837. The lowest BCUT2D eigenvalue weighted by atomic mass is 10.3. The van der Waals surface area contributed by atoms with Crippen molar-refractivity contribution in [3.05, 3.63) is 28.2 Å². The number of halogens is 2. The van der Waals surface area contributed by atoms with Crippen molar-refractivity contribution in [2.45, 2.75) is 12.5 Å². The standard InChI is InChI=1S/C12H14Cl2N2O2/c13-8-1-2-10(14)11(5-8)18-7-12(17)16-4-3-9(15)6-16/h1-2,5,9H,3-4,6-7,15H2/t9-/m1/s1. The minimum absolute atomic E-state index is 0.0488. The Hall–Kier alpha value is -0.970. The molecule has 2 rings (SSSR count). The lowest BCUT2D eigenvalue weighted by molar-refractivity contribution is -0.132. The molecule has 98 valence electrons. The summed E-state index contributed by atoms with van der Waals surface area (Å²) in [7, 11) is 0. The van der Waals surface area contributed by atoms with Gasteiger partial charge in [-0.25, -0.2) is 0 Å². The number of benzene rings is 1. The predicted molar refractivity (Wildman–Crippen MR) is 71.1 cm³/mol. The van der Waals surface area contributed by atoms with E-state index in [1.54, 1.807) is 23.1 Å². The van der Waals surface area contributed by atoms with Gasteiger partial charge in [-0.15, -0.1) is 0 Å². The minimum atomic E-state index is -0.0843. The number of nitrogens with two attached hydrogens (primary N) is 1. The molecule has 0 aromatic heterocycles. The largest absolute Gasteiger partial charge is 0.482 e. The van der Waals surface area contributed by atoms with Crippen LogP contribution in [0.4, 0.5) is 0 Å². The Labute approximate surface area is 116 Å². The number of carbonyl (C=O) groups excluding carboxylic acids is 1. The van der Waals surface area contributed by atoms with Crippen LogP contribution in [-0.4, -0.2) is 36.5 Å². The fourth-order valence-corrected chi connectivity index (χ4v) is 2.17. The van der Waals surface area contributed by atoms with Gasteiger partial charge in [-0.05, 0) is 18.6 Å². The first-order valence-corrected chi connectivity index (χ1v) is 6.43. The zero-order valence-electron chi connectivity index (χ0n) is 9.73. The van der Waals surface area contributed by atoms with E-state index in [0.29, 0.717) is 28.9 Å². The highest BCUT2D eigenvalue weighted by molar-refractivity contribution is 6.34. The van der Waals surface area contributed by atoms with Crippen LogP contribution < -0.4 is 10.5 Å². The van der Waals surface area contributed by atoms with E-state index in [-0.39, 0.29) is 18.6 Å². The van der Waals surface area contributed by atoms with E-state index >= 15 is 0 Å². The van der Waals surface area contributed by atoms with E-state index in [9.17, 15) is 4.79 Å². The van der Waals surface area contributed by atoms with Gasteiger partial charge in [0.1, 0.15) is 5.75 Å². The molecule has 1 fully saturated rings. The molecule has 1 saturated heterocycles. The van der Waals surface area contributed by atoms with Crippen LogP contribution in [0.3, 0.4) is 0 Å². The van der Waals surface area contributed by atoms with Crippen molar-refractivity contribution in [2.75, 3.05) is 19.7 Å². The van der Waals surface area contributed by atoms with Crippen LogP contribution in [-0.2, 0) is 4.79 Å². The maximum atomic E-state index is 11.8. The van der Waals surface area contributed by atoms with Gasteiger partial charge in [-0.2, -0.15) is 0 Å². The van der Waals surface area contributed by atoms with Crippen LogP contribution in [0.1, 0.15) is 6.42 Å². The molecule has 0 bridgehead atoms. The first-order valence-electron chi connectivity index (χ1n) is 5.67. The van der Waals surface area contributed by atoms with Crippen molar-refractivity contribution < 1.29 is 9.53 Å². The van der Waals surface area contributed by atoms with Crippen molar-refractivity contribution >= 4 is 29.1 Å². The zero-order chi connectivity index (χ0) is 13.1. The molecular formula is C12H14Cl2N2O2. The SMILES string of the molecule is N[C@@H]1CCN(C(=O)COc2cc(Cl)ccc2Cl)C1. The molecule has 0 radical (unpaired) electrons. The average Bonchev–Trinajstić information content (AvgIpc) is 2.77. The van der Waals surface area contributed by atoms with Gasteiger partial charge in [-0.1, -0.05) is 23.2 Å². The summed E-state index contributed by atoms with van der Waals surface area (Å²) >= 11 is 11.8. The molecule has 4 nitrogen and oxygen atoms in total. The molecule has 6 heteroatoms. The molecule has 1 amide bonds. The summed E-state index contributed by atoms with van der Waals surface area (Å²) in [6, 6.07) is 4.96. The number of nitrogens with zero attached hydrogens (tertiary/aromatic N) is 1. The van der Waals surface area contributed by atoms with E-state index < -0.39 is 0 Å². The smallest absolute Gasteiger partial charge is 0.260 e. The molecule has 0 aliphatic carbocycles. The average molecular weight is 289 g/mol. The second-order valence-corrected chi connectivity index (χ2v) is 5.10. The first kappa shape index (κ1) is 13.5. The molecule has 0 spiro atoms. The van der Waals surface area contributed by atoms with Gasteiger partial charge in [0, 0.05) is 30.2 Å². The number of ether oxygens (including phenoxy) is 1. The molecule has 0 unspecified atom stereocenters. The van der Waals surface area contributed by atoms with Crippen molar-refractivity contribution in [1.82, 2.24) is 4.90 Å². The monoisotopic (exact) mass is 288 g/mol. The molecular weight excluding hydrogens is 275 g/mol. The van der Waals surface area contributed by atoms with Gasteiger partial charge in [0.05, 0.1) is 5.02 Å². The molecule has 1 aromatic rings. The van der Waals surface area contributed by atoms with E-state index in [4.69, 9.17) is 33.7 Å². The van der Waals surface area contributed by atoms with Crippen LogP contribution in [0.5, 0.6) is 5.75 Å².